The molecule has 1 amide bonds. The quantitative estimate of drug-likeness (QED) is 0.311. The third-order valence-electron chi connectivity index (χ3n) is 5.39. The van der Waals surface area contributed by atoms with Gasteiger partial charge in [0, 0.05) is 33.7 Å². The van der Waals surface area contributed by atoms with Crippen LogP contribution in [-0.2, 0) is 15.8 Å². The Morgan fingerprint density at radius 1 is 0.971 bits per heavy atom. The van der Waals surface area contributed by atoms with Gasteiger partial charge in [0.15, 0.2) is 0 Å². The Bertz CT molecular complexity index is 1310. The van der Waals surface area contributed by atoms with Crippen LogP contribution in [-0.4, -0.2) is 26.6 Å². The highest BCUT2D eigenvalue weighted by atomic mass is 35.5. The molecule has 2 N–H and O–H groups in total. The first kappa shape index (κ1) is 26.4. The van der Waals surface area contributed by atoms with E-state index in [0.717, 1.165) is 16.7 Å². The van der Waals surface area contributed by atoms with E-state index in [1.54, 1.807) is 55.1 Å². The Labute approximate surface area is 215 Å². The third-order valence-corrected chi connectivity index (χ3v) is 8.50. The van der Waals surface area contributed by atoms with Gasteiger partial charge in [0.1, 0.15) is 0 Å². The molecule has 0 aliphatic rings. The molecular weight excluding hydrogens is 511 g/mol. The lowest BCUT2D eigenvalue weighted by Crippen LogP contribution is -2.26. The van der Waals surface area contributed by atoms with Crippen molar-refractivity contribution in [3.05, 3.63) is 92.5 Å². The number of nitrogens with one attached hydrogen (secondary N) is 2. The number of rotatable bonds is 9. The molecule has 0 saturated carbocycles. The number of benzene rings is 3. The van der Waals surface area contributed by atoms with Gasteiger partial charge in [-0.3, -0.25) is 9.52 Å². The van der Waals surface area contributed by atoms with Crippen molar-refractivity contribution >= 4 is 56.6 Å². The van der Waals surface area contributed by atoms with Crippen LogP contribution in [0.2, 0.25) is 10.0 Å². The third kappa shape index (κ3) is 6.69. The molecule has 0 atom stereocenters. The number of thioether (sulfide) groups is 1. The van der Waals surface area contributed by atoms with Crippen molar-refractivity contribution in [2.75, 3.05) is 17.0 Å². The Kier molecular flexibility index (Phi) is 8.93. The number of amides is 1. The second-order valence-electron chi connectivity index (χ2n) is 7.88. The van der Waals surface area contributed by atoms with Crippen LogP contribution in [0.1, 0.15) is 32.6 Å². The van der Waals surface area contributed by atoms with Crippen molar-refractivity contribution < 1.29 is 13.2 Å². The second kappa shape index (κ2) is 11.5. The van der Waals surface area contributed by atoms with Gasteiger partial charge < -0.3 is 5.32 Å². The van der Waals surface area contributed by atoms with Crippen molar-refractivity contribution in [1.82, 2.24) is 5.32 Å². The van der Waals surface area contributed by atoms with E-state index < -0.39 is 10.0 Å². The zero-order valence-corrected chi connectivity index (χ0v) is 22.3. The smallest absolute Gasteiger partial charge is 0.262 e. The normalized spacial score (nSPS) is 11.3. The molecule has 3 aromatic carbocycles. The molecular formula is C25H26Cl2N2O3S2. The molecule has 34 heavy (non-hydrogen) atoms. The maximum absolute atomic E-state index is 13.1. The Morgan fingerprint density at radius 2 is 1.74 bits per heavy atom. The predicted molar refractivity (Wildman–Crippen MR) is 143 cm³/mol. The largest absolute Gasteiger partial charge is 0.351 e. The van der Waals surface area contributed by atoms with E-state index in [-0.39, 0.29) is 16.4 Å². The van der Waals surface area contributed by atoms with Gasteiger partial charge in [-0.05, 0) is 73.4 Å². The second-order valence-corrected chi connectivity index (χ2v) is 11.5. The lowest BCUT2D eigenvalue weighted by Gasteiger charge is -2.14. The van der Waals surface area contributed by atoms with Crippen LogP contribution in [0.15, 0.2) is 59.5 Å². The summed E-state index contributed by atoms with van der Waals surface area (Å²) in [6.45, 7) is 5.93. The van der Waals surface area contributed by atoms with E-state index >= 15 is 0 Å². The molecule has 5 nitrogen and oxygen atoms in total. The van der Waals surface area contributed by atoms with Crippen molar-refractivity contribution in [1.29, 1.82) is 0 Å². The minimum absolute atomic E-state index is 0.0767. The molecule has 0 aliphatic carbocycles. The maximum atomic E-state index is 13.1. The predicted octanol–water partition coefficient (Wildman–Crippen LogP) is 6.38. The van der Waals surface area contributed by atoms with Crippen LogP contribution in [0.25, 0.3) is 0 Å². The maximum Gasteiger partial charge on any atom is 0.262 e. The fraction of sp³-hybridized carbons (Fsp3) is 0.240. The molecule has 0 aliphatic heterocycles. The van der Waals surface area contributed by atoms with Gasteiger partial charge in [-0.1, -0.05) is 47.5 Å². The van der Waals surface area contributed by atoms with Crippen LogP contribution in [0.4, 0.5) is 5.69 Å². The van der Waals surface area contributed by atoms with Gasteiger partial charge in [0.05, 0.1) is 10.6 Å². The van der Waals surface area contributed by atoms with Crippen molar-refractivity contribution in [2.45, 2.75) is 31.4 Å². The van der Waals surface area contributed by atoms with Crippen molar-refractivity contribution in [3.63, 3.8) is 0 Å². The molecule has 0 unspecified atom stereocenters. The van der Waals surface area contributed by atoms with Crippen molar-refractivity contribution in [2.24, 2.45) is 0 Å². The first-order valence-corrected chi connectivity index (χ1v) is 14.0. The van der Waals surface area contributed by atoms with Crippen LogP contribution in [0.3, 0.4) is 0 Å². The summed E-state index contributed by atoms with van der Waals surface area (Å²) in [4.78, 5) is 12.7. The van der Waals surface area contributed by atoms with Gasteiger partial charge >= 0.3 is 0 Å². The number of hydrogen-bond donors (Lipinski definition) is 2. The number of carbonyl (C=O) groups excluding carboxylic acids is 1. The van der Waals surface area contributed by atoms with Gasteiger partial charge in [-0.15, -0.1) is 0 Å². The topological polar surface area (TPSA) is 75.3 Å². The SMILES string of the molecule is Cc1ccc(C(=O)NCCSCc2ccc(Cl)cc2Cl)cc1S(=O)(=O)Nc1cccc(C)c1C. The molecule has 0 bridgehead atoms. The zero-order chi connectivity index (χ0) is 24.9. The summed E-state index contributed by atoms with van der Waals surface area (Å²) < 4.78 is 28.8. The number of aryl methyl sites for hydroxylation is 2. The molecule has 0 saturated heterocycles. The Balaban J connectivity index is 1.62. The summed E-state index contributed by atoms with van der Waals surface area (Å²) in [7, 11) is -3.86. The molecule has 9 heteroatoms. The summed E-state index contributed by atoms with van der Waals surface area (Å²) in [6, 6.07) is 15.5. The lowest BCUT2D eigenvalue weighted by atomic mass is 10.1. The Hall–Kier alpha value is -2.19. The molecule has 0 heterocycles. The van der Waals surface area contributed by atoms with Crippen LogP contribution in [0, 0.1) is 20.8 Å². The van der Waals surface area contributed by atoms with E-state index in [1.807, 2.05) is 26.0 Å². The fourth-order valence-electron chi connectivity index (χ4n) is 3.25. The minimum atomic E-state index is -3.86. The standard InChI is InChI=1S/C25H26Cl2N2O3S2/c1-16-5-4-6-23(18(16)3)29-34(31,32)24-13-19(8-7-17(24)2)25(30)28-11-12-33-15-20-9-10-21(26)14-22(20)27/h4-10,13-14,29H,11-12,15H2,1-3H3,(H,28,30). The number of hydrogen-bond acceptors (Lipinski definition) is 4. The summed E-state index contributed by atoms with van der Waals surface area (Å²) in [6.07, 6.45) is 0. The molecule has 3 rings (SSSR count). The van der Waals surface area contributed by atoms with E-state index in [2.05, 4.69) is 10.0 Å². The molecule has 0 fully saturated rings. The molecule has 3 aromatic rings. The Morgan fingerprint density at radius 3 is 2.47 bits per heavy atom. The highest BCUT2D eigenvalue weighted by Gasteiger charge is 2.20. The summed E-state index contributed by atoms with van der Waals surface area (Å²) in [5, 5.41) is 4.05. The number of carbonyl (C=O) groups is 1. The lowest BCUT2D eigenvalue weighted by molar-refractivity contribution is 0.0956. The average Bonchev–Trinajstić information content (AvgIpc) is 2.78. The van der Waals surface area contributed by atoms with Crippen LogP contribution >= 0.6 is 35.0 Å². The highest BCUT2D eigenvalue weighted by Crippen LogP contribution is 2.26. The average molecular weight is 538 g/mol. The molecule has 180 valence electrons. The van der Waals surface area contributed by atoms with E-state index in [0.29, 0.717) is 39.3 Å². The van der Waals surface area contributed by atoms with Gasteiger partial charge in [-0.2, -0.15) is 11.8 Å². The summed E-state index contributed by atoms with van der Waals surface area (Å²) in [5.74, 6) is 1.05. The minimum Gasteiger partial charge on any atom is -0.351 e. The zero-order valence-electron chi connectivity index (χ0n) is 19.1. The summed E-state index contributed by atoms with van der Waals surface area (Å²) in [5.41, 5.74) is 4.19. The van der Waals surface area contributed by atoms with E-state index in [9.17, 15) is 13.2 Å². The summed E-state index contributed by atoms with van der Waals surface area (Å²) >= 11 is 13.7. The monoisotopic (exact) mass is 536 g/mol. The first-order valence-electron chi connectivity index (χ1n) is 10.6. The van der Waals surface area contributed by atoms with Crippen LogP contribution in [0.5, 0.6) is 0 Å². The molecule has 0 aromatic heterocycles. The van der Waals surface area contributed by atoms with E-state index in [4.69, 9.17) is 23.2 Å². The van der Waals surface area contributed by atoms with E-state index in [1.165, 1.54) is 6.07 Å². The number of sulfonamides is 1. The van der Waals surface area contributed by atoms with Gasteiger partial charge in [0.25, 0.3) is 15.9 Å². The fourth-order valence-corrected chi connectivity index (χ4v) is 6.06. The highest BCUT2D eigenvalue weighted by molar-refractivity contribution is 7.98. The number of halogens is 2. The van der Waals surface area contributed by atoms with Gasteiger partial charge in [-0.25, -0.2) is 8.42 Å². The van der Waals surface area contributed by atoms with Crippen LogP contribution < -0.4 is 10.0 Å². The number of anilines is 1. The van der Waals surface area contributed by atoms with Gasteiger partial charge in [0.2, 0.25) is 0 Å². The molecule has 0 spiro atoms. The molecule has 0 radical (unpaired) electrons. The van der Waals surface area contributed by atoms with Crippen molar-refractivity contribution in [3.8, 4) is 0 Å². The first-order chi connectivity index (χ1) is 16.1.